The average Bonchev–Trinajstić information content (AvgIpc) is 3.43. The van der Waals surface area contributed by atoms with Gasteiger partial charge in [0.1, 0.15) is 0 Å². The molecule has 1 atom stereocenters. The lowest BCUT2D eigenvalue weighted by Gasteiger charge is -2.27. The number of likely N-dealkylation sites (N-methyl/N-ethyl adjacent to an activating group) is 1. The van der Waals surface area contributed by atoms with Crippen LogP contribution >= 0.6 is 11.6 Å². The van der Waals surface area contributed by atoms with Crippen molar-refractivity contribution in [1.29, 1.82) is 0 Å². The first-order chi connectivity index (χ1) is 12.1. The molecule has 0 spiro atoms. The molecule has 2 aromatic rings. The number of amides is 1. The fourth-order valence-corrected chi connectivity index (χ4v) is 3.29. The quantitative estimate of drug-likeness (QED) is 0.786. The molecule has 1 fully saturated rings. The zero-order chi connectivity index (χ0) is 17.6. The molecular formula is C20H24ClN3O. The molecule has 1 unspecified atom stereocenters. The molecule has 25 heavy (non-hydrogen) atoms. The number of hydrogen-bond acceptors (Lipinski definition) is 3. The summed E-state index contributed by atoms with van der Waals surface area (Å²) in [7, 11) is 2.01. The number of benzene rings is 1. The highest BCUT2D eigenvalue weighted by molar-refractivity contribution is 6.30. The lowest BCUT2D eigenvalue weighted by molar-refractivity contribution is -0.122. The minimum absolute atomic E-state index is 0.0537. The fourth-order valence-electron chi connectivity index (χ4n) is 3.17. The van der Waals surface area contributed by atoms with Gasteiger partial charge in [-0.3, -0.25) is 14.7 Å². The van der Waals surface area contributed by atoms with Gasteiger partial charge < -0.3 is 5.32 Å². The van der Waals surface area contributed by atoms with E-state index in [0.717, 1.165) is 17.1 Å². The summed E-state index contributed by atoms with van der Waals surface area (Å²) in [5.74, 6) is 0.666. The van der Waals surface area contributed by atoms with Gasteiger partial charge in [0.05, 0.1) is 18.3 Å². The van der Waals surface area contributed by atoms with E-state index in [0.29, 0.717) is 19.0 Å². The van der Waals surface area contributed by atoms with Crippen LogP contribution in [0.4, 0.5) is 0 Å². The Hall–Kier alpha value is -1.91. The maximum absolute atomic E-state index is 12.3. The van der Waals surface area contributed by atoms with Crippen molar-refractivity contribution in [2.75, 3.05) is 20.1 Å². The average molecular weight is 358 g/mol. The van der Waals surface area contributed by atoms with Gasteiger partial charge in [0.25, 0.3) is 0 Å². The van der Waals surface area contributed by atoms with Crippen molar-refractivity contribution >= 4 is 17.5 Å². The topological polar surface area (TPSA) is 45.2 Å². The van der Waals surface area contributed by atoms with Gasteiger partial charge in [-0.05, 0) is 62.1 Å². The monoisotopic (exact) mass is 357 g/mol. The number of carbonyl (C=O) groups is 1. The Morgan fingerprint density at radius 3 is 2.68 bits per heavy atom. The summed E-state index contributed by atoms with van der Waals surface area (Å²) in [5, 5.41) is 3.74. The van der Waals surface area contributed by atoms with Gasteiger partial charge in [0.2, 0.25) is 5.91 Å². The van der Waals surface area contributed by atoms with Gasteiger partial charge >= 0.3 is 0 Å². The number of aromatic nitrogens is 1. The van der Waals surface area contributed by atoms with Crippen LogP contribution < -0.4 is 5.32 Å². The zero-order valence-corrected chi connectivity index (χ0v) is 15.2. The van der Waals surface area contributed by atoms with Crippen LogP contribution in [0.5, 0.6) is 0 Å². The highest BCUT2D eigenvalue weighted by Crippen LogP contribution is 2.43. The van der Waals surface area contributed by atoms with Crippen molar-refractivity contribution in [3.8, 4) is 0 Å². The second-order valence-corrected chi connectivity index (χ2v) is 7.11. The van der Waals surface area contributed by atoms with E-state index in [9.17, 15) is 4.79 Å². The molecule has 0 bridgehead atoms. The molecule has 1 aliphatic carbocycles. The van der Waals surface area contributed by atoms with Gasteiger partial charge in [-0.15, -0.1) is 0 Å². The van der Waals surface area contributed by atoms with Gasteiger partial charge in [-0.1, -0.05) is 29.8 Å². The molecule has 4 nitrogen and oxygen atoms in total. The summed E-state index contributed by atoms with van der Waals surface area (Å²) >= 11 is 5.88. The van der Waals surface area contributed by atoms with Crippen molar-refractivity contribution in [3.63, 3.8) is 0 Å². The van der Waals surface area contributed by atoms with E-state index in [2.05, 4.69) is 21.3 Å². The minimum atomic E-state index is 0.0537. The van der Waals surface area contributed by atoms with E-state index in [1.807, 2.05) is 49.6 Å². The first-order valence-electron chi connectivity index (χ1n) is 8.76. The molecule has 0 saturated heterocycles. The second kappa shape index (κ2) is 8.45. The molecule has 1 aromatic carbocycles. The fraction of sp³-hybridized carbons (Fsp3) is 0.400. The number of carbonyl (C=O) groups excluding carboxylic acids is 1. The Morgan fingerprint density at radius 2 is 2.04 bits per heavy atom. The van der Waals surface area contributed by atoms with Crippen LogP contribution in [0.15, 0.2) is 48.7 Å². The molecule has 5 heteroatoms. The zero-order valence-electron chi connectivity index (χ0n) is 14.5. The molecule has 1 saturated carbocycles. The number of rotatable bonds is 8. The van der Waals surface area contributed by atoms with Gasteiger partial charge in [-0.2, -0.15) is 0 Å². The molecule has 1 aliphatic rings. The number of halogens is 1. The van der Waals surface area contributed by atoms with Gasteiger partial charge in [-0.25, -0.2) is 0 Å². The third-order valence-corrected chi connectivity index (χ3v) is 4.83. The van der Waals surface area contributed by atoms with Crippen molar-refractivity contribution in [2.24, 2.45) is 5.92 Å². The first kappa shape index (κ1) is 17.9. The van der Waals surface area contributed by atoms with E-state index in [1.54, 1.807) is 0 Å². The lowest BCUT2D eigenvalue weighted by atomic mass is 10.1. The standard InChI is InChI=1S/C20H24ClN3O/c1-24(20(16-7-8-16)18-4-2-3-12-22-18)14-19(25)23-13-11-15-5-9-17(21)10-6-15/h2-6,9-10,12,16,20H,7-8,11,13-14H2,1H3,(H,23,25). The highest BCUT2D eigenvalue weighted by atomic mass is 35.5. The van der Waals surface area contributed by atoms with Crippen LogP contribution in [-0.4, -0.2) is 35.9 Å². The Labute approximate surface area is 154 Å². The van der Waals surface area contributed by atoms with Gasteiger partial charge in [0.15, 0.2) is 0 Å². The smallest absolute Gasteiger partial charge is 0.234 e. The largest absolute Gasteiger partial charge is 0.355 e. The maximum Gasteiger partial charge on any atom is 0.234 e. The van der Waals surface area contributed by atoms with Crippen molar-refractivity contribution < 1.29 is 4.79 Å². The van der Waals surface area contributed by atoms with E-state index < -0.39 is 0 Å². The predicted octanol–water partition coefficient (Wildman–Crippen LogP) is 3.48. The normalized spacial score (nSPS) is 15.2. The van der Waals surface area contributed by atoms with Crippen LogP contribution in [0.3, 0.4) is 0 Å². The maximum atomic E-state index is 12.3. The molecule has 1 heterocycles. The Kier molecular flexibility index (Phi) is 6.05. The molecular weight excluding hydrogens is 334 g/mol. The Morgan fingerprint density at radius 1 is 1.28 bits per heavy atom. The number of nitrogens with zero attached hydrogens (tertiary/aromatic N) is 2. The Balaban J connectivity index is 1.48. The SMILES string of the molecule is CN(CC(=O)NCCc1ccc(Cl)cc1)C(c1ccccn1)C1CC1. The number of pyridine rings is 1. The molecule has 132 valence electrons. The number of hydrogen-bond donors (Lipinski definition) is 1. The molecule has 0 radical (unpaired) electrons. The number of nitrogens with one attached hydrogen (secondary N) is 1. The van der Waals surface area contributed by atoms with Crippen LogP contribution in [-0.2, 0) is 11.2 Å². The van der Waals surface area contributed by atoms with Gasteiger partial charge in [0, 0.05) is 17.8 Å². The molecule has 0 aliphatic heterocycles. The van der Waals surface area contributed by atoms with Crippen LogP contribution in [0.25, 0.3) is 0 Å². The second-order valence-electron chi connectivity index (χ2n) is 6.68. The van der Waals surface area contributed by atoms with E-state index in [1.165, 1.54) is 18.4 Å². The molecule has 1 amide bonds. The Bertz CT molecular complexity index is 686. The summed E-state index contributed by atoms with van der Waals surface area (Å²) in [4.78, 5) is 18.9. The van der Waals surface area contributed by atoms with Crippen LogP contribution in [0.1, 0.15) is 30.1 Å². The van der Waals surface area contributed by atoms with Crippen molar-refractivity contribution in [3.05, 3.63) is 64.9 Å². The summed E-state index contributed by atoms with van der Waals surface area (Å²) in [5.41, 5.74) is 2.23. The van der Waals surface area contributed by atoms with Crippen LogP contribution in [0.2, 0.25) is 5.02 Å². The van der Waals surface area contributed by atoms with Crippen LogP contribution in [0, 0.1) is 5.92 Å². The predicted molar refractivity (Wildman–Crippen MR) is 100 cm³/mol. The summed E-state index contributed by atoms with van der Waals surface area (Å²) in [6.07, 6.45) is 5.05. The summed E-state index contributed by atoms with van der Waals surface area (Å²) < 4.78 is 0. The summed E-state index contributed by atoms with van der Waals surface area (Å²) in [6.45, 7) is 1.02. The van der Waals surface area contributed by atoms with E-state index in [4.69, 9.17) is 11.6 Å². The highest BCUT2D eigenvalue weighted by Gasteiger charge is 2.36. The van der Waals surface area contributed by atoms with E-state index >= 15 is 0 Å². The molecule has 3 rings (SSSR count). The molecule has 1 N–H and O–H groups in total. The van der Waals surface area contributed by atoms with Crippen molar-refractivity contribution in [1.82, 2.24) is 15.2 Å². The third kappa shape index (κ3) is 5.28. The lowest BCUT2D eigenvalue weighted by Crippen LogP contribution is -2.38. The minimum Gasteiger partial charge on any atom is -0.355 e. The van der Waals surface area contributed by atoms with Crippen molar-refractivity contribution in [2.45, 2.75) is 25.3 Å². The third-order valence-electron chi connectivity index (χ3n) is 4.58. The molecule has 1 aromatic heterocycles. The summed E-state index contributed by atoms with van der Waals surface area (Å²) in [6, 6.07) is 13.9. The first-order valence-corrected chi connectivity index (χ1v) is 9.13. The van der Waals surface area contributed by atoms with E-state index in [-0.39, 0.29) is 11.9 Å².